The van der Waals surface area contributed by atoms with E-state index in [0.717, 1.165) is 10.5 Å². The molecule has 19 heavy (non-hydrogen) atoms. The molecule has 96 valence electrons. The molecule has 5 heteroatoms. The first-order valence-corrected chi connectivity index (χ1v) is 7.20. The molecule has 0 aliphatic carbocycles. The van der Waals surface area contributed by atoms with Crippen LogP contribution in [0.3, 0.4) is 0 Å². The van der Waals surface area contributed by atoms with Gasteiger partial charge in [0.1, 0.15) is 0 Å². The Bertz CT molecular complexity index is 650. The highest BCUT2D eigenvalue weighted by Crippen LogP contribution is 2.32. The van der Waals surface area contributed by atoms with Gasteiger partial charge in [-0.25, -0.2) is 0 Å². The normalized spacial score (nSPS) is 10.2. The van der Waals surface area contributed by atoms with Crippen LogP contribution in [0.25, 0.3) is 0 Å². The Morgan fingerprint density at radius 2 is 1.95 bits per heavy atom. The van der Waals surface area contributed by atoms with Crippen molar-refractivity contribution >= 4 is 40.7 Å². The van der Waals surface area contributed by atoms with Crippen LogP contribution >= 0.6 is 35.0 Å². The van der Waals surface area contributed by atoms with Gasteiger partial charge in [0.25, 0.3) is 0 Å². The van der Waals surface area contributed by atoms with Crippen molar-refractivity contribution in [2.75, 3.05) is 5.73 Å². The molecule has 0 aliphatic rings. The van der Waals surface area contributed by atoms with Crippen LogP contribution in [0.2, 0.25) is 10.0 Å². The average molecular weight is 309 g/mol. The molecule has 2 rings (SSSR count). The fourth-order valence-corrected chi connectivity index (χ4v) is 3.00. The van der Waals surface area contributed by atoms with E-state index < -0.39 is 0 Å². The van der Waals surface area contributed by atoms with Gasteiger partial charge in [0.05, 0.1) is 11.6 Å². The number of rotatable bonds is 3. The highest BCUT2D eigenvalue weighted by atomic mass is 35.5. The van der Waals surface area contributed by atoms with Crippen molar-refractivity contribution in [2.45, 2.75) is 10.6 Å². The molecule has 0 aromatic heterocycles. The van der Waals surface area contributed by atoms with Crippen molar-refractivity contribution in [3.63, 3.8) is 0 Å². The van der Waals surface area contributed by atoms with Crippen molar-refractivity contribution in [1.29, 1.82) is 5.26 Å². The van der Waals surface area contributed by atoms with Crippen LogP contribution in [-0.4, -0.2) is 0 Å². The molecule has 0 saturated carbocycles. The summed E-state index contributed by atoms with van der Waals surface area (Å²) in [5, 5.41) is 10.0. The number of hydrogen-bond donors (Lipinski definition) is 1. The maximum absolute atomic E-state index is 8.78. The summed E-state index contributed by atoms with van der Waals surface area (Å²) in [7, 11) is 0. The molecule has 0 spiro atoms. The summed E-state index contributed by atoms with van der Waals surface area (Å²) in [6.45, 7) is 0. The molecular formula is C14H10Cl2N2S. The van der Waals surface area contributed by atoms with Crippen LogP contribution in [0, 0.1) is 11.3 Å². The van der Waals surface area contributed by atoms with Gasteiger partial charge in [-0.2, -0.15) is 5.26 Å². The predicted molar refractivity (Wildman–Crippen MR) is 81.6 cm³/mol. The van der Waals surface area contributed by atoms with E-state index >= 15 is 0 Å². The third kappa shape index (κ3) is 3.57. The number of thioether (sulfide) groups is 1. The average Bonchev–Trinajstić information content (AvgIpc) is 2.39. The van der Waals surface area contributed by atoms with Gasteiger partial charge in [0.2, 0.25) is 0 Å². The van der Waals surface area contributed by atoms with Gasteiger partial charge in [0.15, 0.2) is 0 Å². The van der Waals surface area contributed by atoms with Crippen molar-refractivity contribution < 1.29 is 0 Å². The zero-order valence-electron chi connectivity index (χ0n) is 9.86. The summed E-state index contributed by atoms with van der Waals surface area (Å²) in [6, 6.07) is 12.8. The van der Waals surface area contributed by atoms with Crippen molar-refractivity contribution in [3.05, 3.63) is 57.6 Å². The van der Waals surface area contributed by atoms with Crippen LogP contribution in [-0.2, 0) is 5.75 Å². The van der Waals surface area contributed by atoms with Crippen molar-refractivity contribution in [1.82, 2.24) is 0 Å². The Balaban J connectivity index is 2.13. The quantitative estimate of drug-likeness (QED) is 0.658. The summed E-state index contributed by atoms with van der Waals surface area (Å²) >= 11 is 13.6. The highest BCUT2D eigenvalue weighted by Gasteiger charge is 2.05. The van der Waals surface area contributed by atoms with E-state index in [9.17, 15) is 0 Å². The third-order valence-corrected chi connectivity index (χ3v) is 4.26. The van der Waals surface area contributed by atoms with Gasteiger partial charge >= 0.3 is 0 Å². The van der Waals surface area contributed by atoms with E-state index in [2.05, 4.69) is 6.07 Å². The maximum atomic E-state index is 8.78. The van der Waals surface area contributed by atoms with Gasteiger partial charge in [-0.1, -0.05) is 29.3 Å². The van der Waals surface area contributed by atoms with Gasteiger partial charge < -0.3 is 5.73 Å². The molecule has 0 unspecified atom stereocenters. The lowest BCUT2D eigenvalue weighted by Crippen LogP contribution is -1.90. The van der Waals surface area contributed by atoms with Gasteiger partial charge in [-0.05, 0) is 35.9 Å². The number of benzene rings is 2. The number of halogens is 2. The predicted octanol–water partition coefficient (Wildman–Crippen LogP) is 4.74. The minimum absolute atomic E-state index is 0.560. The molecule has 0 radical (unpaired) electrons. The smallest absolute Gasteiger partial charge is 0.0992 e. The molecule has 0 amide bonds. The molecule has 2 N–H and O–H groups in total. The second-order valence-electron chi connectivity index (χ2n) is 3.89. The van der Waals surface area contributed by atoms with E-state index in [-0.39, 0.29) is 0 Å². The van der Waals surface area contributed by atoms with Crippen LogP contribution in [0.5, 0.6) is 0 Å². The Morgan fingerprint density at radius 3 is 2.58 bits per heavy atom. The molecule has 0 bridgehead atoms. The molecule has 2 aromatic rings. The summed E-state index contributed by atoms with van der Waals surface area (Å²) in [6.07, 6.45) is 0. The van der Waals surface area contributed by atoms with Crippen LogP contribution in [0.4, 0.5) is 5.69 Å². The summed E-state index contributed by atoms with van der Waals surface area (Å²) < 4.78 is 0. The second-order valence-corrected chi connectivity index (χ2v) is 5.75. The van der Waals surface area contributed by atoms with Gasteiger partial charge in [0, 0.05) is 26.4 Å². The second kappa shape index (κ2) is 6.21. The lowest BCUT2D eigenvalue weighted by Gasteiger charge is -2.07. The molecule has 2 nitrogen and oxygen atoms in total. The summed E-state index contributed by atoms with van der Waals surface area (Å²) in [4.78, 5) is 0.963. The van der Waals surface area contributed by atoms with E-state index in [1.807, 2.05) is 12.1 Å². The van der Waals surface area contributed by atoms with E-state index in [1.165, 1.54) is 0 Å². The molecule has 0 saturated heterocycles. The van der Waals surface area contributed by atoms with E-state index in [4.69, 9.17) is 34.2 Å². The molecule has 0 heterocycles. The van der Waals surface area contributed by atoms with Crippen molar-refractivity contribution in [3.8, 4) is 6.07 Å². The number of nitriles is 1. The topological polar surface area (TPSA) is 49.8 Å². The zero-order chi connectivity index (χ0) is 13.8. The standard InChI is InChI=1S/C14H10Cl2N2S/c15-11-3-4-14(13(18)6-11)19-8-10-2-1-9(7-17)5-12(10)16/h1-6H,8,18H2. The molecule has 0 fully saturated rings. The minimum atomic E-state index is 0.560. The lowest BCUT2D eigenvalue weighted by atomic mass is 10.2. The van der Waals surface area contributed by atoms with Crippen LogP contribution in [0.15, 0.2) is 41.3 Å². The van der Waals surface area contributed by atoms with E-state index in [1.54, 1.807) is 36.0 Å². The number of anilines is 1. The SMILES string of the molecule is N#Cc1ccc(CSc2ccc(Cl)cc2N)c(Cl)c1. The molecular weight excluding hydrogens is 299 g/mol. The molecule has 0 aliphatic heterocycles. The number of nitrogens with zero attached hydrogens (tertiary/aromatic N) is 1. The Labute approximate surface area is 126 Å². The first kappa shape index (κ1) is 14.1. The molecule has 0 atom stereocenters. The van der Waals surface area contributed by atoms with Gasteiger partial charge in [-0.15, -0.1) is 11.8 Å². The summed E-state index contributed by atoms with van der Waals surface area (Å²) in [5.74, 6) is 0.691. The van der Waals surface area contributed by atoms with Crippen LogP contribution < -0.4 is 5.73 Å². The largest absolute Gasteiger partial charge is 0.398 e. The van der Waals surface area contributed by atoms with Crippen molar-refractivity contribution in [2.24, 2.45) is 0 Å². The Morgan fingerprint density at radius 1 is 1.16 bits per heavy atom. The number of nitrogen functional groups attached to an aromatic ring is 1. The number of hydrogen-bond acceptors (Lipinski definition) is 3. The fourth-order valence-electron chi connectivity index (χ4n) is 1.54. The minimum Gasteiger partial charge on any atom is -0.398 e. The van der Waals surface area contributed by atoms with Gasteiger partial charge in [-0.3, -0.25) is 0 Å². The lowest BCUT2D eigenvalue weighted by molar-refractivity contribution is 1.37. The first-order valence-electron chi connectivity index (χ1n) is 5.46. The maximum Gasteiger partial charge on any atom is 0.0992 e. The Kier molecular flexibility index (Phi) is 4.60. The Hall–Kier alpha value is -1.34. The fraction of sp³-hybridized carbons (Fsp3) is 0.0714. The molecule has 2 aromatic carbocycles. The summed E-state index contributed by atoms with van der Waals surface area (Å²) in [5.41, 5.74) is 8.07. The monoisotopic (exact) mass is 308 g/mol. The van der Waals surface area contributed by atoms with E-state index in [0.29, 0.717) is 27.0 Å². The highest BCUT2D eigenvalue weighted by molar-refractivity contribution is 7.98. The van der Waals surface area contributed by atoms with Crippen LogP contribution in [0.1, 0.15) is 11.1 Å². The number of nitrogens with two attached hydrogens (primary N) is 1. The zero-order valence-corrected chi connectivity index (χ0v) is 12.2. The third-order valence-electron chi connectivity index (χ3n) is 2.54. The first-order chi connectivity index (χ1) is 9.10.